The Morgan fingerprint density at radius 1 is 0.844 bits per heavy atom. The number of likely N-dealkylation sites (N-methyl/N-ethyl adjacent to an activating group) is 2. The van der Waals surface area contributed by atoms with Gasteiger partial charge in [0.2, 0.25) is 0 Å². The fourth-order valence-corrected chi connectivity index (χ4v) is 5.23. The van der Waals surface area contributed by atoms with Gasteiger partial charge in [-0.3, -0.25) is 13.8 Å². The highest BCUT2D eigenvalue weighted by Gasteiger charge is 2.35. The molecule has 0 fully saturated rings. The fraction of sp³-hybridized carbons (Fsp3) is 0.370. The molecule has 2 rings (SSSR count). The molecule has 0 N–H and O–H groups in total. The first-order valence-electron chi connectivity index (χ1n) is 10.9. The minimum atomic E-state index is -0.575. The number of halogens is 2. The second-order valence-electron chi connectivity index (χ2n) is 9.36. The van der Waals surface area contributed by atoms with E-state index in [-0.39, 0.29) is 5.78 Å². The highest BCUT2D eigenvalue weighted by Crippen LogP contribution is 2.43. The number of hydrogen-bond donors (Lipinski definition) is 0. The van der Waals surface area contributed by atoms with Crippen LogP contribution in [-0.4, -0.2) is 52.4 Å². The highest BCUT2D eigenvalue weighted by atomic mass is 79.9. The average molecular weight is 564 g/mol. The average Bonchev–Trinajstić information content (AvgIpc) is 2.74. The van der Waals surface area contributed by atoms with Crippen LogP contribution in [0.25, 0.3) is 0 Å². The maximum Gasteiger partial charge on any atom is 0.135 e. The molecule has 0 unspecified atom stereocenters. The number of benzene rings is 2. The number of carbonyl (C=O) groups excluding carboxylic acids is 1. The molecule has 0 bridgehead atoms. The zero-order valence-corrected chi connectivity index (χ0v) is 23.0. The van der Waals surface area contributed by atoms with Crippen molar-refractivity contribution in [2.75, 3.05) is 46.6 Å². The van der Waals surface area contributed by atoms with E-state index < -0.39 is 4.32 Å². The van der Waals surface area contributed by atoms with Crippen molar-refractivity contribution in [2.45, 2.75) is 17.2 Å². The highest BCUT2D eigenvalue weighted by molar-refractivity contribution is 9.09. The second-order valence-corrected chi connectivity index (χ2v) is 11.5. The van der Waals surface area contributed by atoms with Gasteiger partial charge in [-0.05, 0) is 47.5 Å². The number of hydrogen-bond acceptors (Lipinski definition) is 1. The van der Waals surface area contributed by atoms with Crippen LogP contribution < -0.4 is 8.97 Å². The molecule has 3 nitrogen and oxygen atoms in total. The SMILES string of the molecule is C=CC[N+](C)(C)c1ccc(C(Br)(CC(=O)CCBr)c2ccc([N+](C)(C)CC=C)cc2)cc1. The Bertz CT molecular complexity index is 866. The lowest BCUT2D eigenvalue weighted by atomic mass is 9.86. The van der Waals surface area contributed by atoms with Crippen LogP contribution in [0.1, 0.15) is 24.0 Å². The van der Waals surface area contributed by atoms with E-state index in [0.717, 1.165) is 33.2 Å². The number of rotatable bonds is 12. The Balaban J connectivity index is 2.49. The molecule has 0 saturated carbocycles. The third-order valence-electron chi connectivity index (χ3n) is 6.03. The minimum absolute atomic E-state index is 0.220. The molecule has 0 spiro atoms. The van der Waals surface area contributed by atoms with Gasteiger partial charge in [0.25, 0.3) is 0 Å². The van der Waals surface area contributed by atoms with Gasteiger partial charge in [0.15, 0.2) is 0 Å². The Kier molecular flexibility index (Phi) is 9.24. The van der Waals surface area contributed by atoms with Gasteiger partial charge >= 0.3 is 0 Å². The van der Waals surface area contributed by atoms with Gasteiger partial charge in [0.1, 0.15) is 30.2 Å². The fourth-order valence-electron chi connectivity index (χ4n) is 3.95. The summed E-state index contributed by atoms with van der Waals surface area (Å²) in [5, 5.41) is 0.674. The molecule has 0 atom stereocenters. The van der Waals surface area contributed by atoms with Crippen LogP contribution in [0.4, 0.5) is 11.4 Å². The van der Waals surface area contributed by atoms with E-state index in [2.05, 4.69) is 122 Å². The predicted molar refractivity (Wildman–Crippen MR) is 148 cm³/mol. The molecule has 2 aromatic rings. The molecule has 0 amide bonds. The summed E-state index contributed by atoms with van der Waals surface area (Å²) in [6.07, 6.45) is 4.79. The standard InChI is InChI=1S/C27H36Br2N2O/c1-7-19-30(3,4)24-13-9-22(10-14-24)27(29,21-26(32)17-18-28)23-11-15-25(16-12-23)31(5,6)20-8-2/h7-16H,1-2,17-21H2,3-6H3/q+2. The van der Waals surface area contributed by atoms with Gasteiger partial charge in [-0.2, -0.15) is 0 Å². The second kappa shape index (κ2) is 11.1. The molecule has 2 aromatic carbocycles. The lowest BCUT2D eigenvalue weighted by Crippen LogP contribution is -2.40. The Hall–Kier alpha value is -1.53. The molecule has 5 heteroatoms. The zero-order valence-electron chi connectivity index (χ0n) is 19.8. The number of carbonyl (C=O) groups is 1. The third-order valence-corrected chi connectivity index (χ3v) is 7.63. The van der Waals surface area contributed by atoms with E-state index in [4.69, 9.17) is 0 Å². The quantitative estimate of drug-likeness (QED) is 0.162. The van der Waals surface area contributed by atoms with Crippen LogP contribution in [0.15, 0.2) is 73.8 Å². The van der Waals surface area contributed by atoms with Crippen LogP contribution in [0.3, 0.4) is 0 Å². The molecule has 0 radical (unpaired) electrons. The number of Topliss-reactive ketones (excluding diaryl/α,β-unsaturated/α-hetero) is 1. The van der Waals surface area contributed by atoms with Crippen LogP contribution >= 0.6 is 31.9 Å². The van der Waals surface area contributed by atoms with Gasteiger partial charge in [-0.1, -0.05) is 69.3 Å². The molecular formula is C27H36Br2N2O+2. The maximum absolute atomic E-state index is 12.7. The van der Waals surface area contributed by atoms with Crippen LogP contribution in [-0.2, 0) is 9.12 Å². The van der Waals surface area contributed by atoms with Gasteiger partial charge in [-0.15, -0.1) is 0 Å². The third kappa shape index (κ3) is 6.28. The van der Waals surface area contributed by atoms with Crippen molar-refractivity contribution in [2.24, 2.45) is 0 Å². The van der Waals surface area contributed by atoms with Crippen molar-refractivity contribution in [3.05, 3.63) is 85.0 Å². The van der Waals surface area contributed by atoms with E-state index in [9.17, 15) is 4.79 Å². The first kappa shape index (κ1) is 26.7. The normalized spacial score (nSPS) is 12.4. The first-order chi connectivity index (χ1) is 15.0. The minimum Gasteiger partial charge on any atom is -0.300 e. The van der Waals surface area contributed by atoms with Crippen molar-refractivity contribution < 1.29 is 4.79 Å². The lowest BCUT2D eigenvalue weighted by Gasteiger charge is -2.32. The molecule has 0 aromatic heterocycles. The molecule has 0 saturated heterocycles. The zero-order chi connectivity index (χ0) is 24.0. The first-order valence-corrected chi connectivity index (χ1v) is 12.8. The number of quaternary nitrogens is 2. The lowest BCUT2D eigenvalue weighted by molar-refractivity contribution is -0.119. The summed E-state index contributed by atoms with van der Waals surface area (Å²) in [7, 11) is 8.66. The van der Waals surface area contributed by atoms with Gasteiger partial charge in [-0.25, -0.2) is 0 Å². The predicted octanol–water partition coefficient (Wildman–Crippen LogP) is 6.58. The van der Waals surface area contributed by atoms with Crippen molar-refractivity contribution in [3.63, 3.8) is 0 Å². The van der Waals surface area contributed by atoms with E-state index in [1.807, 2.05) is 12.2 Å². The Labute approximate surface area is 210 Å². The van der Waals surface area contributed by atoms with E-state index in [1.54, 1.807) is 0 Å². The monoisotopic (exact) mass is 562 g/mol. The molecule has 32 heavy (non-hydrogen) atoms. The summed E-state index contributed by atoms with van der Waals surface area (Å²) < 4.78 is 0.883. The smallest absolute Gasteiger partial charge is 0.135 e. The number of ketones is 1. The van der Waals surface area contributed by atoms with Crippen molar-refractivity contribution >= 4 is 49.0 Å². The summed E-state index contributed by atoms with van der Waals surface area (Å²) in [6.45, 7) is 9.47. The molecule has 0 heterocycles. The van der Waals surface area contributed by atoms with Crippen LogP contribution in [0.2, 0.25) is 0 Å². The summed E-state index contributed by atoms with van der Waals surface area (Å²) >= 11 is 7.41. The number of alkyl halides is 2. The van der Waals surface area contributed by atoms with E-state index >= 15 is 0 Å². The van der Waals surface area contributed by atoms with Crippen molar-refractivity contribution in [3.8, 4) is 0 Å². The van der Waals surface area contributed by atoms with Crippen molar-refractivity contribution in [1.82, 2.24) is 8.97 Å². The van der Waals surface area contributed by atoms with E-state index in [0.29, 0.717) is 18.2 Å². The molecule has 172 valence electrons. The maximum atomic E-state index is 12.7. The van der Waals surface area contributed by atoms with Gasteiger partial charge in [0, 0.05) is 18.2 Å². The van der Waals surface area contributed by atoms with E-state index in [1.165, 1.54) is 11.4 Å². The largest absolute Gasteiger partial charge is 0.300 e. The molecule has 0 aliphatic carbocycles. The number of nitrogens with zero attached hydrogens (tertiary/aromatic N) is 2. The summed E-state index contributed by atoms with van der Waals surface area (Å²) in [5.74, 6) is 0.220. The van der Waals surface area contributed by atoms with Crippen LogP contribution in [0.5, 0.6) is 0 Å². The summed E-state index contributed by atoms with van der Waals surface area (Å²) in [4.78, 5) is 12.7. The molecular weight excluding hydrogens is 528 g/mol. The van der Waals surface area contributed by atoms with Crippen molar-refractivity contribution in [1.29, 1.82) is 0 Å². The topological polar surface area (TPSA) is 17.1 Å². The summed E-state index contributed by atoms with van der Waals surface area (Å²) in [5.41, 5.74) is 4.56. The molecule has 0 aliphatic heterocycles. The summed E-state index contributed by atoms with van der Waals surface area (Å²) in [6, 6.07) is 17.2. The Morgan fingerprint density at radius 3 is 1.53 bits per heavy atom. The molecule has 0 aliphatic rings. The van der Waals surface area contributed by atoms with Gasteiger partial charge in [0.05, 0.1) is 32.5 Å². The van der Waals surface area contributed by atoms with Gasteiger partial charge < -0.3 is 0 Å². The van der Waals surface area contributed by atoms with Crippen LogP contribution in [0, 0.1) is 0 Å². The Morgan fingerprint density at radius 2 is 1.22 bits per heavy atom.